The van der Waals surface area contributed by atoms with Crippen molar-refractivity contribution < 1.29 is 14.7 Å². The number of unbranched alkanes of at least 4 members (excludes halogenated alkanes) is 1. The summed E-state index contributed by atoms with van der Waals surface area (Å²) in [7, 11) is 0. The van der Waals surface area contributed by atoms with E-state index in [1.165, 1.54) is 0 Å². The highest BCUT2D eigenvalue weighted by Gasteiger charge is 2.21. The Hall–Kier alpha value is -2.18. The number of hydrogen-bond donors (Lipinski definition) is 1. The molecule has 2 aliphatic heterocycles. The van der Waals surface area contributed by atoms with E-state index in [2.05, 4.69) is 13.0 Å². The van der Waals surface area contributed by atoms with Gasteiger partial charge in [0.2, 0.25) is 0 Å². The Morgan fingerprint density at radius 3 is 2.84 bits per heavy atom. The molecule has 168 valence electrons. The maximum Gasteiger partial charge on any atom is 0.303 e. The zero-order valence-corrected chi connectivity index (χ0v) is 18.9. The second-order valence-corrected chi connectivity index (χ2v) is 8.79. The number of allylic oxidation sites excluding steroid dienone is 5. The molecule has 3 aliphatic rings. The summed E-state index contributed by atoms with van der Waals surface area (Å²) < 4.78 is 0. The predicted molar refractivity (Wildman–Crippen MR) is 126 cm³/mol. The number of hydrogen-bond acceptors (Lipinski definition) is 5. The van der Waals surface area contributed by atoms with Gasteiger partial charge in [0.15, 0.2) is 0 Å². The molecule has 0 aromatic carbocycles. The van der Waals surface area contributed by atoms with Gasteiger partial charge in [0.25, 0.3) is 0 Å². The normalized spacial score (nSPS) is 24.8. The number of alkyl halides is 1. The lowest BCUT2D eigenvalue weighted by Gasteiger charge is -2.18. The van der Waals surface area contributed by atoms with Crippen LogP contribution in [0.5, 0.6) is 0 Å². The number of nitrogens with zero attached hydrogens (tertiary/aromatic N) is 3. The maximum atomic E-state index is 10.9. The van der Waals surface area contributed by atoms with Gasteiger partial charge < -0.3 is 9.94 Å². The van der Waals surface area contributed by atoms with Gasteiger partial charge >= 0.3 is 5.97 Å². The molecule has 6 nitrogen and oxygen atoms in total. The van der Waals surface area contributed by atoms with Crippen LogP contribution >= 0.6 is 11.6 Å². The Balaban J connectivity index is 1.74. The van der Waals surface area contributed by atoms with Crippen molar-refractivity contribution >= 4 is 29.0 Å². The molecule has 0 aromatic heterocycles. The molecule has 7 heteroatoms. The highest BCUT2D eigenvalue weighted by molar-refractivity contribution is 6.49. The van der Waals surface area contributed by atoms with Crippen LogP contribution in [0, 0.1) is 5.92 Å². The van der Waals surface area contributed by atoms with Crippen molar-refractivity contribution in [1.29, 1.82) is 0 Å². The van der Waals surface area contributed by atoms with Crippen molar-refractivity contribution in [3.05, 3.63) is 47.8 Å². The molecule has 2 unspecified atom stereocenters. The third kappa shape index (κ3) is 7.78. The van der Waals surface area contributed by atoms with Gasteiger partial charge in [-0.2, -0.15) is 0 Å². The monoisotopic (exact) mass is 445 g/mol. The lowest BCUT2D eigenvalue weighted by molar-refractivity contribution is -0.137. The highest BCUT2D eigenvalue weighted by atomic mass is 35.5. The number of halogens is 1. The molecule has 1 saturated heterocycles. The molecule has 3 rings (SSSR count). The Labute approximate surface area is 189 Å². The number of rotatable bonds is 8. The Kier molecular flexibility index (Phi) is 9.10. The van der Waals surface area contributed by atoms with E-state index < -0.39 is 5.97 Å². The molecule has 0 saturated carbocycles. The summed E-state index contributed by atoms with van der Waals surface area (Å²) in [5, 5.41) is 10.9. The first kappa shape index (κ1) is 23.5. The lowest BCUT2D eigenvalue weighted by Crippen LogP contribution is -2.21. The zero-order valence-electron chi connectivity index (χ0n) is 18.2. The van der Waals surface area contributed by atoms with Gasteiger partial charge in [-0.25, -0.2) is 0 Å². The molecule has 1 aliphatic carbocycles. The van der Waals surface area contributed by atoms with E-state index in [-0.39, 0.29) is 11.8 Å². The average molecular weight is 446 g/mol. The molecule has 31 heavy (non-hydrogen) atoms. The van der Waals surface area contributed by atoms with Gasteiger partial charge in [-0.15, -0.1) is 16.7 Å². The second kappa shape index (κ2) is 12.0. The third-order valence-electron chi connectivity index (χ3n) is 5.48. The van der Waals surface area contributed by atoms with Gasteiger partial charge in [0.1, 0.15) is 5.76 Å². The minimum absolute atomic E-state index is 0.00989. The van der Waals surface area contributed by atoms with Gasteiger partial charge in [0.05, 0.1) is 29.9 Å². The molecule has 1 fully saturated rings. The molecule has 0 spiro atoms. The molecule has 0 amide bonds. The first-order valence-corrected chi connectivity index (χ1v) is 11.6. The summed E-state index contributed by atoms with van der Waals surface area (Å²) in [6, 6.07) is 0. The highest BCUT2D eigenvalue weighted by Crippen LogP contribution is 2.20. The fourth-order valence-corrected chi connectivity index (χ4v) is 3.94. The Morgan fingerprint density at radius 2 is 2.13 bits per heavy atom. The number of aliphatic imine (C=N–C) groups is 2. The van der Waals surface area contributed by atoms with E-state index in [1.807, 2.05) is 35.4 Å². The van der Waals surface area contributed by atoms with Crippen LogP contribution in [0.2, 0.25) is 0 Å². The van der Waals surface area contributed by atoms with E-state index in [4.69, 9.17) is 31.5 Å². The van der Waals surface area contributed by atoms with Crippen LogP contribution in [0.25, 0.3) is 0 Å². The zero-order chi connectivity index (χ0) is 22.1. The van der Waals surface area contributed by atoms with Crippen molar-refractivity contribution in [2.75, 3.05) is 26.2 Å². The van der Waals surface area contributed by atoms with Crippen LogP contribution in [0.4, 0.5) is 0 Å². The minimum atomic E-state index is -0.765. The Morgan fingerprint density at radius 1 is 1.26 bits per heavy atom. The SMILES string of the molecule is CC1CCN(OC2=CCN=C(CCCCC(=O)O)C(C3=CCC(Cl)C=C3)=NCC=C2)C1. The summed E-state index contributed by atoms with van der Waals surface area (Å²) in [5.41, 5.74) is 2.83. The number of carboxylic acids is 1. The summed E-state index contributed by atoms with van der Waals surface area (Å²) >= 11 is 6.20. The lowest BCUT2D eigenvalue weighted by atomic mass is 9.96. The Bertz CT molecular complexity index is 826. The van der Waals surface area contributed by atoms with Crippen molar-refractivity contribution in [3.63, 3.8) is 0 Å². The van der Waals surface area contributed by atoms with E-state index in [1.54, 1.807) is 0 Å². The predicted octanol–water partition coefficient (Wildman–Crippen LogP) is 4.73. The van der Waals surface area contributed by atoms with Crippen LogP contribution in [0.1, 0.15) is 45.4 Å². The number of aliphatic carboxylic acids is 1. The topological polar surface area (TPSA) is 74.5 Å². The molecule has 2 atom stereocenters. The minimum Gasteiger partial charge on any atom is -0.481 e. The van der Waals surface area contributed by atoms with Crippen LogP contribution in [-0.4, -0.2) is 59.1 Å². The fourth-order valence-electron chi connectivity index (χ4n) is 3.78. The van der Waals surface area contributed by atoms with E-state index in [9.17, 15) is 4.79 Å². The van der Waals surface area contributed by atoms with Crippen LogP contribution in [0.15, 0.2) is 57.8 Å². The van der Waals surface area contributed by atoms with Crippen LogP contribution in [0.3, 0.4) is 0 Å². The summed E-state index contributed by atoms with van der Waals surface area (Å²) in [6.45, 7) is 5.13. The van der Waals surface area contributed by atoms with Crippen molar-refractivity contribution in [3.8, 4) is 0 Å². The summed E-state index contributed by atoms with van der Waals surface area (Å²) in [4.78, 5) is 26.6. The number of carboxylic acid groups (broad SMARTS) is 1. The number of carbonyl (C=O) groups is 1. The largest absolute Gasteiger partial charge is 0.481 e. The first-order chi connectivity index (χ1) is 15.0. The second-order valence-electron chi connectivity index (χ2n) is 8.23. The van der Waals surface area contributed by atoms with Crippen molar-refractivity contribution in [1.82, 2.24) is 5.06 Å². The molecule has 1 N–H and O–H groups in total. The molecular weight excluding hydrogens is 414 g/mol. The first-order valence-electron chi connectivity index (χ1n) is 11.1. The average Bonchev–Trinajstić information content (AvgIpc) is 3.15. The van der Waals surface area contributed by atoms with Gasteiger partial charge in [-0.1, -0.05) is 31.2 Å². The summed E-state index contributed by atoms with van der Waals surface area (Å²) in [5.74, 6) is 0.679. The maximum absolute atomic E-state index is 10.9. The molecule has 0 radical (unpaired) electrons. The van der Waals surface area contributed by atoms with Crippen LogP contribution in [-0.2, 0) is 9.63 Å². The molecule has 2 heterocycles. The summed E-state index contributed by atoms with van der Waals surface area (Å²) in [6.07, 6.45) is 16.2. The smallest absolute Gasteiger partial charge is 0.303 e. The van der Waals surface area contributed by atoms with Gasteiger partial charge in [-0.05, 0) is 55.7 Å². The standard InChI is InChI=1S/C24H32ClN3O3/c1-18-13-16-28(17-18)31-21-5-4-14-27-24(19-8-10-20(25)11-9-19)22(26-15-12-21)6-2-3-7-23(29)30/h4-5,8-10,12,18,20H,2-3,6-7,11,13-17H2,1H3,(H,29,30). The van der Waals surface area contributed by atoms with Crippen molar-refractivity contribution in [2.45, 2.75) is 50.8 Å². The van der Waals surface area contributed by atoms with E-state index in [0.717, 1.165) is 55.1 Å². The van der Waals surface area contributed by atoms with Gasteiger partial charge in [-0.3, -0.25) is 14.8 Å². The molecule has 0 aromatic rings. The third-order valence-corrected chi connectivity index (χ3v) is 5.80. The quantitative estimate of drug-likeness (QED) is 0.432. The van der Waals surface area contributed by atoms with E-state index >= 15 is 0 Å². The van der Waals surface area contributed by atoms with E-state index in [0.29, 0.717) is 31.8 Å². The number of hydroxylamine groups is 2. The van der Waals surface area contributed by atoms with Crippen LogP contribution < -0.4 is 0 Å². The van der Waals surface area contributed by atoms with Crippen molar-refractivity contribution in [2.24, 2.45) is 15.9 Å². The molecular formula is C24H32ClN3O3. The fraction of sp³-hybridized carbons (Fsp3) is 0.542. The van der Waals surface area contributed by atoms with Gasteiger partial charge in [0, 0.05) is 19.5 Å². The molecule has 0 bridgehead atoms.